The number of benzene rings is 1. The highest BCUT2D eigenvalue weighted by Gasteiger charge is 2.22. The van der Waals surface area contributed by atoms with Crippen molar-refractivity contribution in [1.29, 1.82) is 0 Å². The minimum absolute atomic E-state index is 0.102. The molecule has 0 unspecified atom stereocenters. The van der Waals surface area contributed by atoms with Crippen molar-refractivity contribution in [2.75, 3.05) is 5.32 Å². The molecule has 0 bridgehead atoms. The van der Waals surface area contributed by atoms with Gasteiger partial charge in [0, 0.05) is 23.6 Å². The third kappa shape index (κ3) is 4.20. The summed E-state index contributed by atoms with van der Waals surface area (Å²) < 4.78 is 20.4. The number of carbonyl (C=O) groups excluding carboxylic acids is 2. The number of carbonyl (C=O) groups is 2. The summed E-state index contributed by atoms with van der Waals surface area (Å²) in [7, 11) is 0. The monoisotopic (exact) mass is 366 g/mol. The number of esters is 1. The standard InChI is InChI=1S/C18H20ClFN2O3/c1-5-22-10(2)8-14(11(22)3)18(24)25-12(4)17(23)21-13-6-7-16(20)15(19)9-13/h6-9,12H,5H2,1-4H3,(H,21,23)/t12-/m0/s1. The second-order valence-corrected chi connectivity index (χ2v) is 6.10. The van der Waals surface area contributed by atoms with Gasteiger partial charge < -0.3 is 14.6 Å². The largest absolute Gasteiger partial charge is 0.449 e. The molecule has 7 heteroatoms. The molecule has 0 saturated heterocycles. The highest BCUT2D eigenvalue weighted by Crippen LogP contribution is 2.20. The molecule has 0 aliphatic rings. The van der Waals surface area contributed by atoms with E-state index >= 15 is 0 Å². The van der Waals surface area contributed by atoms with E-state index in [-0.39, 0.29) is 5.02 Å². The lowest BCUT2D eigenvalue weighted by Crippen LogP contribution is -2.30. The zero-order valence-electron chi connectivity index (χ0n) is 14.5. The van der Waals surface area contributed by atoms with Crippen molar-refractivity contribution < 1.29 is 18.7 Å². The van der Waals surface area contributed by atoms with Crippen LogP contribution in [0.15, 0.2) is 24.3 Å². The SMILES string of the molecule is CCn1c(C)cc(C(=O)O[C@@H](C)C(=O)Nc2ccc(F)c(Cl)c2)c1C. The van der Waals surface area contributed by atoms with Gasteiger partial charge in [0.05, 0.1) is 10.6 Å². The molecule has 1 aromatic carbocycles. The van der Waals surface area contributed by atoms with Crippen LogP contribution in [0.2, 0.25) is 5.02 Å². The first-order valence-corrected chi connectivity index (χ1v) is 8.26. The fourth-order valence-corrected chi connectivity index (χ4v) is 2.77. The Kier molecular flexibility index (Phi) is 5.85. The quantitative estimate of drug-likeness (QED) is 0.810. The number of hydrogen-bond donors (Lipinski definition) is 1. The number of ether oxygens (including phenoxy) is 1. The lowest BCUT2D eigenvalue weighted by molar-refractivity contribution is -0.123. The van der Waals surface area contributed by atoms with Crippen molar-refractivity contribution in [2.45, 2.75) is 40.3 Å². The Bertz CT molecular complexity index is 817. The van der Waals surface area contributed by atoms with E-state index in [2.05, 4.69) is 5.32 Å². The Morgan fingerprint density at radius 2 is 2.00 bits per heavy atom. The van der Waals surface area contributed by atoms with E-state index in [0.717, 1.165) is 24.0 Å². The molecular formula is C18H20ClFN2O3. The smallest absolute Gasteiger partial charge is 0.340 e. The number of rotatable bonds is 5. The summed E-state index contributed by atoms with van der Waals surface area (Å²) in [5.74, 6) is -1.67. The van der Waals surface area contributed by atoms with Gasteiger partial charge >= 0.3 is 5.97 Å². The third-order valence-corrected chi connectivity index (χ3v) is 4.24. The van der Waals surface area contributed by atoms with Crippen molar-refractivity contribution in [1.82, 2.24) is 4.57 Å². The second-order valence-electron chi connectivity index (χ2n) is 5.69. The molecule has 0 saturated carbocycles. The number of halogens is 2. The topological polar surface area (TPSA) is 60.3 Å². The highest BCUT2D eigenvalue weighted by atomic mass is 35.5. The van der Waals surface area contributed by atoms with E-state index in [9.17, 15) is 14.0 Å². The summed E-state index contributed by atoms with van der Waals surface area (Å²) in [4.78, 5) is 24.5. The Balaban J connectivity index is 2.05. The maximum Gasteiger partial charge on any atom is 0.340 e. The number of nitrogens with zero attached hydrogens (tertiary/aromatic N) is 1. The third-order valence-electron chi connectivity index (χ3n) is 3.95. The molecule has 25 heavy (non-hydrogen) atoms. The minimum Gasteiger partial charge on any atom is -0.449 e. The lowest BCUT2D eigenvalue weighted by atomic mass is 10.2. The van der Waals surface area contributed by atoms with Gasteiger partial charge in [0.1, 0.15) is 5.82 Å². The van der Waals surface area contributed by atoms with Gasteiger partial charge in [0.25, 0.3) is 5.91 Å². The van der Waals surface area contributed by atoms with Crippen molar-refractivity contribution in [3.63, 3.8) is 0 Å². The van der Waals surface area contributed by atoms with Crippen LogP contribution in [0.25, 0.3) is 0 Å². The maximum absolute atomic E-state index is 13.1. The molecule has 0 aliphatic heterocycles. The van der Waals surface area contributed by atoms with Crippen LogP contribution in [0.4, 0.5) is 10.1 Å². The van der Waals surface area contributed by atoms with E-state index < -0.39 is 23.8 Å². The predicted octanol–water partition coefficient (Wildman–Crippen LogP) is 4.10. The van der Waals surface area contributed by atoms with Crippen LogP contribution in [0, 0.1) is 19.7 Å². The van der Waals surface area contributed by atoms with Crippen LogP contribution in [0.3, 0.4) is 0 Å². The van der Waals surface area contributed by atoms with Gasteiger partial charge in [-0.3, -0.25) is 4.79 Å². The molecule has 0 radical (unpaired) electrons. The Morgan fingerprint density at radius 3 is 2.56 bits per heavy atom. The summed E-state index contributed by atoms with van der Waals surface area (Å²) in [6, 6.07) is 5.56. The van der Waals surface area contributed by atoms with Crippen LogP contribution >= 0.6 is 11.6 Å². The molecule has 1 amide bonds. The predicted molar refractivity (Wildman–Crippen MR) is 94.5 cm³/mol. The van der Waals surface area contributed by atoms with Crippen molar-refractivity contribution in [3.8, 4) is 0 Å². The van der Waals surface area contributed by atoms with Crippen LogP contribution < -0.4 is 5.32 Å². The van der Waals surface area contributed by atoms with Crippen molar-refractivity contribution in [2.24, 2.45) is 0 Å². The normalized spacial score (nSPS) is 11.9. The Hall–Kier alpha value is -2.34. The molecule has 1 atom stereocenters. The average Bonchev–Trinajstić information content (AvgIpc) is 2.84. The van der Waals surface area contributed by atoms with Gasteiger partial charge in [-0.15, -0.1) is 0 Å². The summed E-state index contributed by atoms with van der Waals surface area (Å²) in [6.45, 7) is 7.93. The fourth-order valence-electron chi connectivity index (χ4n) is 2.59. The molecular weight excluding hydrogens is 347 g/mol. The first kappa shape index (κ1) is 19.0. The Morgan fingerprint density at radius 1 is 1.32 bits per heavy atom. The minimum atomic E-state index is -1.01. The zero-order valence-corrected chi connectivity index (χ0v) is 15.3. The first-order chi connectivity index (χ1) is 11.7. The number of anilines is 1. The summed E-state index contributed by atoms with van der Waals surface area (Å²) in [5, 5.41) is 2.43. The summed E-state index contributed by atoms with van der Waals surface area (Å²) in [5.41, 5.74) is 2.50. The molecule has 1 aromatic heterocycles. The van der Waals surface area contributed by atoms with Crippen molar-refractivity contribution >= 4 is 29.2 Å². The maximum atomic E-state index is 13.1. The average molecular weight is 367 g/mol. The fraction of sp³-hybridized carbons (Fsp3) is 0.333. The summed E-state index contributed by atoms with van der Waals surface area (Å²) in [6.07, 6.45) is -1.01. The highest BCUT2D eigenvalue weighted by molar-refractivity contribution is 6.31. The Labute approximate surface area is 150 Å². The van der Waals surface area contributed by atoms with Gasteiger partial charge in [-0.25, -0.2) is 9.18 Å². The number of aromatic nitrogens is 1. The summed E-state index contributed by atoms with van der Waals surface area (Å²) >= 11 is 5.68. The molecule has 0 spiro atoms. The van der Waals surface area contributed by atoms with Gasteiger partial charge in [0.2, 0.25) is 0 Å². The lowest BCUT2D eigenvalue weighted by Gasteiger charge is -2.14. The molecule has 0 aliphatic carbocycles. The van der Waals surface area contributed by atoms with E-state index in [1.54, 1.807) is 6.07 Å². The second kappa shape index (κ2) is 7.70. The number of aryl methyl sites for hydroxylation is 1. The van der Waals surface area contributed by atoms with Crippen molar-refractivity contribution in [3.05, 3.63) is 52.1 Å². The van der Waals surface area contributed by atoms with E-state index in [0.29, 0.717) is 11.3 Å². The van der Waals surface area contributed by atoms with Gasteiger partial charge in [0.15, 0.2) is 6.10 Å². The molecule has 1 heterocycles. The van der Waals surface area contributed by atoms with E-state index in [1.807, 2.05) is 25.3 Å². The molecule has 0 fully saturated rings. The molecule has 5 nitrogen and oxygen atoms in total. The van der Waals surface area contributed by atoms with E-state index in [1.165, 1.54) is 19.1 Å². The van der Waals surface area contributed by atoms with E-state index in [4.69, 9.17) is 16.3 Å². The number of amides is 1. The molecule has 134 valence electrons. The van der Waals surface area contributed by atoms with Crippen LogP contribution in [-0.4, -0.2) is 22.5 Å². The zero-order chi connectivity index (χ0) is 18.7. The molecule has 2 aromatic rings. The first-order valence-electron chi connectivity index (χ1n) is 7.88. The van der Waals surface area contributed by atoms with Gasteiger partial charge in [-0.05, 0) is 52.0 Å². The van der Waals surface area contributed by atoms with Gasteiger partial charge in [-0.2, -0.15) is 0 Å². The number of hydrogen-bond acceptors (Lipinski definition) is 3. The van der Waals surface area contributed by atoms with Gasteiger partial charge in [-0.1, -0.05) is 11.6 Å². The van der Waals surface area contributed by atoms with Crippen LogP contribution in [0.1, 0.15) is 35.6 Å². The molecule has 2 rings (SSSR count). The van der Waals surface area contributed by atoms with Crippen LogP contribution in [-0.2, 0) is 16.1 Å². The van der Waals surface area contributed by atoms with Crippen LogP contribution in [0.5, 0.6) is 0 Å². The number of nitrogens with one attached hydrogen (secondary N) is 1. The molecule has 1 N–H and O–H groups in total.